The summed E-state index contributed by atoms with van der Waals surface area (Å²) in [4.78, 5) is 0. The number of nitrogens with zero attached hydrogens (tertiary/aromatic N) is 1. The van der Waals surface area contributed by atoms with E-state index in [0.29, 0.717) is 6.54 Å². The molecule has 0 spiro atoms. The highest BCUT2D eigenvalue weighted by molar-refractivity contribution is 5.53. The molecule has 5 nitrogen and oxygen atoms in total. The molecule has 0 aromatic heterocycles. The Labute approximate surface area is 145 Å². The monoisotopic (exact) mass is 413 g/mol. The van der Waals surface area contributed by atoms with E-state index in [9.17, 15) is 39.5 Å². The zero-order chi connectivity index (χ0) is 20.5. The molecule has 1 radical (unpaired) electrons. The lowest BCUT2D eigenvalue weighted by Crippen LogP contribution is -2.39. The Balaban J connectivity index is 2.59. The van der Waals surface area contributed by atoms with Crippen LogP contribution in [0.15, 0.2) is 12.1 Å². The molecule has 27 heavy (non-hydrogen) atoms. The van der Waals surface area contributed by atoms with Crippen molar-refractivity contribution in [3.8, 4) is 17.2 Å². The normalized spacial score (nSPS) is 18.9. The molecular formula is C13H10F9N2O3. The average molecular weight is 413 g/mol. The minimum atomic E-state index is -5.40. The number of piperazine rings is 1. The van der Waals surface area contributed by atoms with Crippen molar-refractivity contribution in [2.24, 2.45) is 0 Å². The summed E-state index contributed by atoms with van der Waals surface area (Å²) in [6.45, 7) is 0.182. The highest BCUT2D eigenvalue weighted by atomic mass is 19.4. The van der Waals surface area contributed by atoms with Gasteiger partial charge in [-0.15, -0.1) is 39.5 Å². The minimum absolute atomic E-state index is 0.0440. The third-order valence-electron chi connectivity index (χ3n) is 3.07. The van der Waals surface area contributed by atoms with Crippen LogP contribution in [0.1, 0.15) is 11.6 Å². The average Bonchev–Trinajstić information content (AvgIpc) is 2.42. The van der Waals surface area contributed by atoms with Crippen LogP contribution >= 0.6 is 0 Å². The first-order chi connectivity index (χ1) is 12.2. The molecule has 1 saturated heterocycles. The third kappa shape index (κ3) is 6.86. The number of hydrogen-bond donors (Lipinski definition) is 1. The maximum absolute atomic E-state index is 12.6. The molecule has 1 fully saturated rings. The second-order valence-corrected chi connectivity index (χ2v) is 5.10. The Morgan fingerprint density at radius 1 is 0.815 bits per heavy atom. The zero-order valence-corrected chi connectivity index (χ0v) is 12.9. The molecule has 0 amide bonds. The molecule has 0 aliphatic carbocycles. The maximum Gasteiger partial charge on any atom is 0.573 e. The van der Waals surface area contributed by atoms with Gasteiger partial charge in [0.1, 0.15) is 17.2 Å². The summed E-state index contributed by atoms with van der Waals surface area (Å²) in [7, 11) is 0. The van der Waals surface area contributed by atoms with Gasteiger partial charge in [-0.05, 0) is 0 Å². The van der Waals surface area contributed by atoms with Crippen LogP contribution in [0, 0.1) is 0 Å². The van der Waals surface area contributed by atoms with E-state index < -0.39 is 47.9 Å². The fourth-order valence-corrected chi connectivity index (χ4v) is 2.31. The predicted octanol–water partition coefficient (Wildman–Crippen LogP) is 3.63. The Hall–Kier alpha value is -2.09. The number of halogens is 9. The Morgan fingerprint density at radius 3 is 1.67 bits per heavy atom. The van der Waals surface area contributed by atoms with Gasteiger partial charge >= 0.3 is 19.1 Å². The zero-order valence-electron chi connectivity index (χ0n) is 12.9. The lowest BCUT2D eigenvalue weighted by molar-refractivity contribution is -0.278. The maximum atomic E-state index is 12.6. The van der Waals surface area contributed by atoms with Crippen molar-refractivity contribution in [2.75, 3.05) is 19.6 Å². The summed E-state index contributed by atoms with van der Waals surface area (Å²) in [5.74, 6) is -4.07. The van der Waals surface area contributed by atoms with Gasteiger partial charge in [0.25, 0.3) is 0 Å². The first-order valence-electron chi connectivity index (χ1n) is 7.06. The van der Waals surface area contributed by atoms with Crippen LogP contribution in [-0.2, 0) is 0 Å². The molecule has 0 saturated carbocycles. The van der Waals surface area contributed by atoms with Crippen molar-refractivity contribution in [3.63, 3.8) is 0 Å². The van der Waals surface area contributed by atoms with Gasteiger partial charge in [-0.1, -0.05) is 0 Å². The molecule has 1 aliphatic rings. The summed E-state index contributed by atoms with van der Waals surface area (Å²) in [6.07, 6.45) is -16.2. The molecular weight excluding hydrogens is 403 g/mol. The van der Waals surface area contributed by atoms with Crippen LogP contribution in [0.4, 0.5) is 39.5 Å². The second kappa shape index (κ2) is 7.50. The van der Waals surface area contributed by atoms with E-state index in [-0.39, 0.29) is 25.2 Å². The number of rotatable bonds is 4. The van der Waals surface area contributed by atoms with E-state index in [4.69, 9.17) is 0 Å². The molecule has 0 bridgehead atoms. The minimum Gasteiger partial charge on any atom is -0.406 e. The number of hydrogen-bond acceptors (Lipinski definition) is 4. The van der Waals surface area contributed by atoms with Gasteiger partial charge in [0, 0.05) is 31.8 Å². The summed E-state index contributed by atoms with van der Waals surface area (Å²) in [5, 5.41) is 6.55. The van der Waals surface area contributed by atoms with Gasteiger partial charge in [0.15, 0.2) is 0 Å². The highest BCUT2D eigenvalue weighted by Gasteiger charge is 2.40. The van der Waals surface area contributed by atoms with Crippen molar-refractivity contribution in [1.29, 1.82) is 0 Å². The van der Waals surface area contributed by atoms with Gasteiger partial charge in [-0.3, -0.25) is 0 Å². The van der Waals surface area contributed by atoms with Crippen LogP contribution in [0.5, 0.6) is 17.2 Å². The second-order valence-electron chi connectivity index (χ2n) is 5.10. The molecule has 1 heterocycles. The van der Waals surface area contributed by atoms with Crippen molar-refractivity contribution >= 4 is 0 Å². The largest absolute Gasteiger partial charge is 0.573 e. The Kier molecular flexibility index (Phi) is 5.89. The number of benzene rings is 1. The summed E-state index contributed by atoms with van der Waals surface area (Å²) in [5.41, 5.74) is -0.814. The molecule has 14 heteroatoms. The van der Waals surface area contributed by atoms with E-state index in [1.165, 1.54) is 0 Å². The fraction of sp³-hybridized carbons (Fsp3) is 0.538. The number of nitrogens with one attached hydrogen (secondary N) is 1. The van der Waals surface area contributed by atoms with Crippen molar-refractivity contribution < 1.29 is 53.7 Å². The van der Waals surface area contributed by atoms with E-state index >= 15 is 0 Å². The number of alkyl halides is 9. The highest BCUT2D eigenvalue weighted by Crippen LogP contribution is 2.44. The molecule has 1 unspecified atom stereocenters. The van der Waals surface area contributed by atoms with Gasteiger partial charge in [-0.25, -0.2) is 5.32 Å². The van der Waals surface area contributed by atoms with E-state index in [0.717, 1.165) is 0 Å². The molecule has 153 valence electrons. The first-order valence-corrected chi connectivity index (χ1v) is 7.06. The Bertz CT molecular complexity index is 615. The SMILES string of the molecule is FC(F)(F)Oc1cc(OC(F)(F)F)c(C2CNCC[N]2)c(OC(F)(F)F)c1. The Morgan fingerprint density at radius 2 is 1.30 bits per heavy atom. The van der Waals surface area contributed by atoms with Gasteiger partial charge in [0.05, 0.1) is 11.6 Å². The fourth-order valence-electron chi connectivity index (χ4n) is 2.31. The summed E-state index contributed by atoms with van der Waals surface area (Å²) >= 11 is 0. The topological polar surface area (TPSA) is 53.8 Å². The molecule has 1 aromatic rings. The molecule has 1 aromatic carbocycles. The summed E-state index contributed by atoms with van der Waals surface area (Å²) in [6, 6.07) is -0.943. The van der Waals surface area contributed by atoms with Crippen LogP contribution < -0.4 is 24.8 Å². The van der Waals surface area contributed by atoms with Crippen LogP contribution in [-0.4, -0.2) is 38.7 Å². The van der Waals surface area contributed by atoms with E-state index in [1.54, 1.807) is 0 Å². The summed E-state index contributed by atoms with van der Waals surface area (Å²) < 4.78 is 124. The van der Waals surface area contributed by atoms with Crippen LogP contribution in [0.3, 0.4) is 0 Å². The lowest BCUT2D eigenvalue weighted by Gasteiger charge is -2.28. The van der Waals surface area contributed by atoms with Gasteiger partial charge in [0.2, 0.25) is 0 Å². The molecule has 1 aliphatic heterocycles. The number of ether oxygens (including phenoxy) is 3. The quantitative estimate of drug-likeness (QED) is 0.767. The van der Waals surface area contributed by atoms with E-state index in [2.05, 4.69) is 24.8 Å². The predicted molar refractivity (Wildman–Crippen MR) is 69.1 cm³/mol. The molecule has 1 N–H and O–H groups in total. The third-order valence-corrected chi connectivity index (χ3v) is 3.07. The first kappa shape index (κ1) is 21.2. The standard InChI is InChI=1S/C13H10F9N2O3/c14-11(15,16)25-6-3-8(26-12(17,18)19)10(7-5-23-1-2-24-7)9(4-6)27-13(20,21)22/h3-4,7,23H,1-2,5H2. The van der Waals surface area contributed by atoms with Crippen molar-refractivity contribution in [1.82, 2.24) is 10.6 Å². The molecule has 1 atom stereocenters. The van der Waals surface area contributed by atoms with Crippen LogP contribution in [0.2, 0.25) is 0 Å². The lowest BCUT2D eigenvalue weighted by atomic mass is 10.0. The van der Waals surface area contributed by atoms with Gasteiger partial charge in [-0.2, -0.15) is 0 Å². The van der Waals surface area contributed by atoms with Crippen molar-refractivity contribution in [3.05, 3.63) is 17.7 Å². The van der Waals surface area contributed by atoms with E-state index in [1.807, 2.05) is 0 Å². The van der Waals surface area contributed by atoms with Gasteiger partial charge < -0.3 is 19.5 Å². The smallest absolute Gasteiger partial charge is 0.406 e. The van der Waals surface area contributed by atoms with Crippen LogP contribution in [0.25, 0.3) is 0 Å². The van der Waals surface area contributed by atoms with Crippen molar-refractivity contribution in [2.45, 2.75) is 25.1 Å². The molecule has 2 rings (SSSR count).